The molecule has 1 rings (SSSR count). The summed E-state index contributed by atoms with van der Waals surface area (Å²) in [5.74, 6) is 1.45. The van der Waals surface area contributed by atoms with Crippen molar-refractivity contribution in [2.45, 2.75) is 39.7 Å². The van der Waals surface area contributed by atoms with Crippen molar-refractivity contribution in [3.63, 3.8) is 0 Å². The summed E-state index contributed by atoms with van der Waals surface area (Å²) < 4.78 is 16.6. The highest BCUT2D eigenvalue weighted by Crippen LogP contribution is 2.25. The average Bonchev–Trinajstić information content (AvgIpc) is 2.32. The number of nitrogens with two attached hydrogens (primary N) is 1. The van der Waals surface area contributed by atoms with Crippen LogP contribution in [0.1, 0.15) is 33.6 Å². The fourth-order valence-electron chi connectivity index (χ4n) is 1.58. The molecule has 0 bridgehead atoms. The quantitative estimate of drug-likeness (QED) is 0.551. The van der Waals surface area contributed by atoms with Crippen molar-refractivity contribution >= 4 is 5.69 Å². The Morgan fingerprint density at radius 2 is 1.79 bits per heavy atom. The lowest BCUT2D eigenvalue weighted by Gasteiger charge is -2.13. The Hall–Kier alpha value is -1.42. The normalized spacial score (nSPS) is 10.7. The number of hydrogen-bond acceptors (Lipinski definition) is 4. The number of ether oxygens (including phenoxy) is 3. The summed E-state index contributed by atoms with van der Waals surface area (Å²) in [6, 6.07) is 5.44. The molecule has 0 aromatic heterocycles. The topological polar surface area (TPSA) is 53.7 Å². The van der Waals surface area contributed by atoms with E-state index >= 15 is 0 Å². The lowest BCUT2D eigenvalue weighted by molar-refractivity contribution is 0.0979. The summed E-state index contributed by atoms with van der Waals surface area (Å²) >= 11 is 0. The highest BCUT2D eigenvalue weighted by atomic mass is 16.5. The van der Waals surface area contributed by atoms with Gasteiger partial charge in [0.05, 0.1) is 12.7 Å². The predicted molar refractivity (Wildman–Crippen MR) is 77.8 cm³/mol. The van der Waals surface area contributed by atoms with Crippen LogP contribution >= 0.6 is 0 Å². The minimum atomic E-state index is 0.118. The van der Waals surface area contributed by atoms with Crippen molar-refractivity contribution in [3.8, 4) is 11.5 Å². The van der Waals surface area contributed by atoms with Crippen molar-refractivity contribution < 1.29 is 14.2 Å². The van der Waals surface area contributed by atoms with E-state index in [4.69, 9.17) is 19.9 Å². The van der Waals surface area contributed by atoms with E-state index in [1.165, 1.54) is 0 Å². The minimum Gasteiger partial charge on any atom is -0.491 e. The van der Waals surface area contributed by atoms with Gasteiger partial charge < -0.3 is 19.9 Å². The van der Waals surface area contributed by atoms with Crippen molar-refractivity contribution in [2.75, 3.05) is 25.6 Å². The summed E-state index contributed by atoms with van der Waals surface area (Å²) in [6.07, 6.45) is 2.35. The first-order chi connectivity index (χ1) is 9.11. The highest BCUT2D eigenvalue weighted by Gasteiger charge is 2.03. The molecule has 0 saturated carbocycles. The van der Waals surface area contributed by atoms with Gasteiger partial charge in [0.2, 0.25) is 0 Å². The predicted octanol–water partition coefficient (Wildman–Crippen LogP) is 3.25. The first-order valence-electron chi connectivity index (χ1n) is 6.89. The Labute approximate surface area is 115 Å². The number of hydrogen-bond donors (Lipinski definition) is 1. The molecule has 1 aromatic carbocycles. The molecule has 0 spiro atoms. The molecule has 19 heavy (non-hydrogen) atoms. The van der Waals surface area contributed by atoms with E-state index in [1.54, 1.807) is 12.1 Å². The lowest BCUT2D eigenvalue weighted by atomic mass is 10.3. The fraction of sp³-hybridized carbons (Fsp3) is 0.600. The molecule has 0 saturated heterocycles. The SMILES string of the molecule is CCCCOCCOc1cc(N)cc(OC(C)C)c1. The lowest BCUT2D eigenvalue weighted by Crippen LogP contribution is -2.09. The zero-order chi connectivity index (χ0) is 14.1. The Bertz CT molecular complexity index is 366. The van der Waals surface area contributed by atoms with E-state index < -0.39 is 0 Å². The van der Waals surface area contributed by atoms with Crippen LogP contribution in [-0.2, 0) is 4.74 Å². The zero-order valence-electron chi connectivity index (χ0n) is 12.1. The van der Waals surface area contributed by atoms with Crippen LogP contribution in [0.25, 0.3) is 0 Å². The van der Waals surface area contributed by atoms with Gasteiger partial charge in [-0.2, -0.15) is 0 Å². The van der Waals surface area contributed by atoms with Crippen molar-refractivity contribution in [2.24, 2.45) is 0 Å². The Balaban J connectivity index is 2.38. The molecule has 0 atom stereocenters. The molecule has 4 nitrogen and oxygen atoms in total. The Kier molecular flexibility index (Phi) is 7.11. The van der Waals surface area contributed by atoms with Gasteiger partial charge >= 0.3 is 0 Å². The van der Waals surface area contributed by atoms with Gasteiger partial charge in [0, 0.05) is 30.5 Å². The largest absolute Gasteiger partial charge is 0.491 e. The minimum absolute atomic E-state index is 0.118. The van der Waals surface area contributed by atoms with Gasteiger partial charge in [0.15, 0.2) is 0 Å². The molecule has 0 aliphatic heterocycles. The summed E-state index contributed by atoms with van der Waals surface area (Å²) in [7, 11) is 0. The third-order valence-electron chi connectivity index (χ3n) is 2.41. The van der Waals surface area contributed by atoms with E-state index in [-0.39, 0.29) is 6.10 Å². The third kappa shape index (κ3) is 6.91. The number of rotatable bonds is 9. The van der Waals surface area contributed by atoms with Gasteiger partial charge in [0.1, 0.15) is 18.1 Å². The monoisotopic (exact) mass is 267 g/mol. The summed E-state index contributed by atoms with van der Waals surface area (Å²) in [5.41, 5.74) is 6.45. The molecule has 1 aromatic rings. The molecule has 0 amide bonds. The molecular weight excluding hydrogens is 242 g/mol. The smallest absolute Gasteiger partial charge is 0.125 e. The summed E-state index contributed by atoms with van der Waals surface area (Å²) in [5, 5.41) is 0. The maximum Gasteiger partial charge on any atom is 0.125 e. The molecular formula is C15H25NO3. The third-order valence-corrected chi connectivity index (χ3v) is 2.41. The Morgan fingerprint density at radius 1 is 1.05 bits per heavy atom. The number of benzene rings is 1. The van der Waals surface area contributed by atoms with E-state index in [0.29, 0.717) is 18.9 Å². The van der Waals surface area contributed by atoms with Crippen LogP contribution in [0.5, 0.6) is 11.5 Å². The van der Waals surface area contributed by atoms with E-state index in [0.717, 1.165) is 30.9 Å². The number of nitrogen functional groups attached to an aromatic ring is 1. The van der Waals surface area contributed by atoms with Gasteiger partial charge in [-0.25, -0.2) is 0 Å². The maximum absolute atomic E-state index is 5.81. The second-order valence-corrected chi connectivity index (χ2v) is 4.72. The molecule has 2 N–H and O–H groups in total. The summed E-state index contributed by atoms with van der Waals surface area (Å²) in [4.78, 5) is 0. The van der Waals surface area contributed by atoms with Gasteiger partial charge in [-0.3, -0.25) is 0 Å². The molecule has 108 valence electrons. The average molecular weight is 267 g/mol. The van der Waals surface area contributed by atoms with Gasteiger partial charge in [0.25, 0.3) is 0 Å². The molecule has 0 heterocycles. The number of unbranched alkanes of at least 4 members (excludes halogenated alkanes) is 1. The molecule has 0 unspecified atom stereocenters. The van der Waals surface area contributed by atoms with Gasteiger partial charge in [-0.05, 0) is 20.3 Å². The standard InChI is InChI=1S/C15H25NO3/c1-4-5-6-17-7-8-18-14-9-13(16)10-15(11-14)19-12(2)3/h9-12H,4-8,16H2,1-3H3. The van der Waals surface area contributed by atoms with Crippen molar-refractivity contribution in [3.05, 3.63) is 18.2 Å². The molecule has 4 heteroatoms. The van der Waals surface area contributed by atoms with Gasteiger partial charge in [-0.15, -0.1) is 0 Å². The highest BCUT2D eigenvalue weighted by molar-refractivity contribution is 5.50. The van der Waals surface area contributed by atoms with E-state index in [2.05, 4.69) is 6.92 Å². The second kappa shape index (κ2) is 8.64. The van der Waals surface area contributed by atoms with E-state index in [1.807, 2.05) is 19.9 Å². The van der Waals surface area contributed by atoms with Crippen molar-refractivity contribution in [1.29, 1.82) is 0 Å². The van der Waals surface area contributed by atoms with Crippen LogP contribution in [0.3, 0.4) is 0 Å². The Morgan fingerprint density at radius 3 is 2.47 bits per heavy atom. The number of anilines is 1. The zero-order valence-corrected chi connectivity index (χ0v) is 12.1. The molecule has 0 fully saturated rings. The van der Waals surface area contributed by atoms with Gasteiger partial charge in [-0.1, -0.05) is 13.3 Å². The van der Waals surface area contributed by atoms with Crippen molar-refractivity contribution in [1.82, 2.24) is 0 Å². The molecule has 0 aliphatic carbocycles. The first-order valence-corrected chi connectivity index (χ1v) is 6.89. The van der Waals surface area contributed by atoms with Crippen LogP contribution < -0.4 is 15.2 Å². The van der Waals surface area contributed by atoms with Crippen LogP contribution in [0, 0.1) is 0 Å². The van der Waals surface area contributed by atoms with Crippen LogP contribution in [0.2, 0.25) is 0 Å². The van der Waals surface area contributed by atoms with Crippen LogP contribution in [0.15, 0.2) is 18.2 Å². The molecule has 0 radical (unpaired) electrons. The fourth-order valence-corrected chi connectivity index (χ4v) is 1.58. The van der Waals surface area contributed by atoms with E-state index in [9.17, 15) is 0 Å². The van der Waals surface area contributed by atoms with Crippen LogP contribution in [0.4, 0.5) is 5.69 Å². The first kappa shape index (κ1) is 15.6. The maximum atomic E-state index is 5.81. The molecule has 0 aliphatic rings. The summed E-state index contributed by atoms with van der Waals surface area (Å²) in [6.45, 7) is 8.00. The van der Waals surface area contributed by atoms with Crippen LogP contribution in [-0.4, -0.2) is 25.9 Å². The second-order valence-electron chi connectivity index (χ2n) is 4.72.